The summed E-state index contributed by atoms with van der Waals surface area (Å²) in [6, 6.07) is 4.88. The van der Waals surface area contributed by atoms with E-state index in [1.807, 2.05) is 0 Å². The third-order valence-electron chi connectivity index (χ3n) is 7.80. The summed E-state index contributed by atoms with van der Waals surface area (Å²) in [5.41, 5.74) is 2.92. The van der Waals surface area contributed by atoms with Gasteiger partial charge >= 0.3 is 19.5 Å². The molecule has 9 rings (SSSR count). The summed E-state index contributed by atoms with van der Waals surface area (Å²) in [6.45, 7) is 0. The fourth-order valence-electron chi connectivity index (χ4n) is 5.79. The second-order valence-corrected chi connectivity index (χ2v) is 10.5. The number of fused-ring (bicyclic) bond motifs is 18. The average Bonchev–Trinajstić information content (AvgIpc) is 3.71. The molecule has 0 saturated carbocycles. The number of aliphatic imine (C=N–C) groups is 1. The number of phenolic OH excluding ortho intramolecular Hbond substituents is 1. The number of hydrogen-bond acceptors (Lipinski definition) is 9. The number of amidine groups is 1. The van der Waals surface area contributed by atoms with Gasteiger partial charge in [-0.1, -0.05) is 0 Å². The van der Waals surface area contributed by atoms with Crippen molar-refractivity contribution in [1.82, 2.24) is 15.0 Å². The Morgan fingerprint density at radius 3 is 2.07 bits per heavy atom. The minimum absolute atomic E-state index is 0. The van der Waals surface area contributed by atoms with Gasteiger partial charge in [0, 0.05) is 44.5 Å². The molecule has 5 aliphatic rings. The zero-order valence-corrected chi connectivity index (χ0v) is 26.0. The number of nitrogens with one attached hydrogen (secondary N) is 3. The van der Waals surface area contributed by atoms with Gasteiger partial charge in [0.05, 0.1) is 23.3 Å². The zero-order chi connectivity index (χ0) is 29.7. The Hall–Kier alpha value is -5.94. The van der Waals surface area contributed by atoms with E-state index in [1.54, 1.807) is 36.4 Å². The van der Waals surface area contributed by atoms with E-state index in [0.717, 1.165) is 0 Å². The fourth-order valence-corrected chi connectivity index (χ4v) is 5.79. The summed E-state index contributed by atoms with van der Waals surface area (Å²) < 4.78 is 0. The predicted molar refractivity (Wildman–Crippen MR) is 161 cm³/mol. The van der Waals surface area contributed by atoms with E-state index in [1.165, 1.54) is 36.5 Å². The molecule has 210 valence electrons. The van der Waals surface area contributed by atoms with Crippen molar-refractivity contribution in [3.8, 4) is 5.75 Å². The maximum Gasteiger partial charge on any atom is 2.00 e. The molecule has 13 heteroatoms. The number of aromatic hydroxyl groups is 1. The van der Waals surface area contributed by atoms with Gasteiger partial charge in [0.15, 0.2) is 17.3 Å². The number of hydrogen-bond donors (Lipinski definition) is 4. The molecule has 3 aromatic heterocycles. The number of nitrogens with zero attached hydrogens (tertiary/aromatic N) is 5. The molecule has 4 N–H and O–H groups in total. The Labute approximate surface area is 264 Å². The molecule has 45 heavy (non-hydrogen) atoms. The van der Waals surface area contributed by atoms with Crippen molar-refractivity contribution in [2.45, 2.75) is 0 Å². The first-order valence-corrected chi connectivity index (χ1v) is 13.5. The van der Waals surface area contributed by atoms with Crippen molar-refractivity contribution >= 4 is 81.5 Å². The van der Waals surface area contributed by atoms with Crippen LogP contribution < -0.4 is 42.0 Å². The standard InChI is InChI=1S/C32H18N8O4.Zn/c41-13-1-5-17-21(9-13)29-33-25(17)37-30-22-10-14(42)2-6-18(22)27(34-30)39-32-24-12-16(44)4-8-20(24)28(36-32)40-31-23-11-15(43)3-7-19(23)26(35-31)38-29;/h1-12H,(H6,33,34,35,36,37,38,39,40,41,42,43,44);/q;+2/p-2. The van der Waals surface area contributed by atoms with Gasteiger partial charge in [-0.2, -0.15) is 0 Å². The van der Waals surface area contributed by atoms with Gasteiger partial charge in [0.2, 0.25) is 0 Å². The maximum atomic E-state index is 12.4. The van der Waals surface area contributed by atoms with Crippen molar-refractivity contribution in [3.63, 3.8) is 0 Å². The van der Waals surface area contributed by atoms with Gasteiger partial charge in [-0.25, -0.2) is 4.99 Å². The number of carbonyl (C=O) groups is 3. The number of phenols is 1. The summed E-state index contributed by atoms with van der Waals surface area (Å²) in [4.78, 5) is 64.4. The van der Waals surface area contributed by atoms with Gasteiger partial charge in [0.1, 0.15) is 5.75 Å². The SMILES string of the molecule is O=C1C=CC2=C3N=C(Nc4[n-]c(c5c4C=CC(=O)C=5)=Nc4[nH]c(c5cc(O)ccc45)Nc4[n-]c(c5c4C=CC(=O)C=5)=N3)C2=C1.[Zn+2]. The molecule has 0 spiro atoms. The number of H-pyrrole nitrogens is 1. The summed E-state index contributed by atoms with van der Waals surface area (Å²) in [7, 11) is 0. The number of aromatic nitrogens is 3. The van der Waals surface area contributed by atoms with Crippen LogP contribution in [-0.2, 0) is 33.9 Å². The van der Waals surface area contributed by atoms with Crippen LogP contribution in [-0.4, -0.2) is 33.3 Å². The van der Waals surface area contributed by atoms with E-state index in [0.29, 0.717) is 72.6 Å². The van der Waals surface area contributed by atoms with Crippen molar-refractivity contribution in [2.24, 2.45) is 15.0 Å². The Morgan fingerprint density at radius 2 is 1.33 bits per heavy atom. The zero-order valence-electron chi connectivity index (χ0n) is 23.0. The van der Waals surface area contributed by atoms with E-state index in [9.17, 15) is 19.5 Å². The van der Waals surface area contributed by atoms with Crippen LogP contribution in [0.5, 0.6) is 5.75 Å². The van der Waals surface area contributed by atoms with Crippen LogP contribution in [0.15, 0.2) is 80.5 Å². The van der Waals surface area contributed by atoms with Crippen LogP contribution >= 0.6 is 0 Å². The molecule has 2 aliphatic heterocycles. The Morgan fingerprint density at radius 1 is 0.689 bits per heavy atom. The molecule has 0 saturated heterocycles. The molecule has 0 atom stereocenters. The number of rotatable bonds is 0. The van der Waals surface area contributed by atoms with Crippen LogP contribution in [0.1, 0.15) is 11.1 Å². The van der Waals surface area contributed by atoms with Crippen molar-refractivity contribution < 1.29 is 39.0 Å². The van der Waals surface area contributed by atoms with E-state index < -0.39 is 0 Å². The molecule has 0 radical (unpaired) electrons. The van der Waals surface area contributed by atoms with Gasteiger partial charge in [-0.15, -0.1) is 0 Å². The third-order valence-corrected chi connectivity index (χ3v) is 7.80. The van der Waals surface area contributed by atoms with Crippen molar-refractivity contribution in [1.29, 1.82) is 0 Å². The second kappa shape index (κ2) is 9.53. The molecule has 8 bridgehead atoms. The van der Waals surface area contributed by atoms with Crippen LogP contribution in [0.3, 0.4) is 0 Å². The molecule has 0 amide bonds. The molecule has 0 fully saturated rings. The quantitative estimate of drug-likeness (QED) is 0.205. The topological polar surface area (TPSA) is 177 Å². The fraction of sp³-hybridized carbons (Fsp3) is 0. The molecule has 3 aliphatic carbocycles. The van der Waals surface area contributed by atoms with E-state index >= 15 is 0 Å². The van der Waals surface area contributed by atoms with Crippen LogP contribution in [0, 0.1) is 0 Å². The minimum atomic E-state index is -0.211. The minimum Gasteiger partial charge on any atom is -0.508 e. The van der Waals surface area contributed by atoms with Crippen LogP contribution in [0.4, 0.5) is 23.3 Å². The summed E-state index contributed by atoms with van der Waals surface area (Å²) in [6.07, 6.45) is 13.7. The number of ketones is 3. The van der Waals surface area contributed by atoms with E-state index in [-0.39, 0.29) is 59.4 Å². The Balaban J connectivity index is 0.00000300. The molecule has 12 nitrogen and oxygen atoms in total. The molecule has 4 aromatic rings. The third kappa shape index (κ3) is 4.09. The van der Waals surface area contributed by atoms with Crippen LogP contribution in [0.2, 0.25) is 0 Å². The smallest absolute Gasteiger partial charge is 0.508 e. The van der Waals surface area contributed by atoms with E-state index in [2.05, 4.69) is 15.6 Å². The van der Waals surface area contributed by atoms with Gasteiger partial charge in [-0.05, 0) is 94.4 Å². The monoisotopic (exact) mass is 640 g/mol. The van der Waals surface area contributed by atoms with Gasteiger partial charge in [0.25, 0.3) is 0 Å². The summed E-state index contributed by atoms with van der Waals surface area (Å²) in [5.74, 6) is 1.76. The van der Waals surface area contributed by atoms with Crippen molar-refractivity contribution in [2.75, 3.05) is 10.6 Å². The van der Waals surface area contributed by atoms with Crippen molar-refractivity contribution in [3.05, 3.63) is 98.1 Å². The number of carbonyl (C=O) groups excluding carboxylic acids is 3. The molecule has 0 unspecified atom stereocenters. The number of allylic oxidation sites excluding steroid dienone is 5. The first kappa shape index (κ1) is 26.7. The number of benzene rings is 1. The normalized spacial score (nSPS) is 17.0. The Kier molecular flexibility index (Phi) is 5.65. The van der Waals surface area contributed by atoms with E-state index in [4.69, 9.17) is 24.9 Å². The molecular formula is C32H16N8O4Zn. The first-order valence-electron chi connectivity index (χ1n) is 13.5. The largest absolute Gasteiger partial charge is 2.00 e. The number of aromatic amines is 1. The molecular weight excluding hydrogens is 626 g/mol. The van der Waals surface area contributed by atoms with Crippen LogP contribution in [0.25, 0.3) is 35.1 Å². The maximum absolute atomic E-state index is 12.4. The summed E-state index contributed by atoms with van der Waals surface area (Å²) >= 11 is 0. The summed E-state index contributed by atoms with van der Waals surface area (Å²) in [5, 5.41) is 19.2. The number of anilines is 3. The Bertz CT molecular complexity index is 2570. The van der Waals surface area contributed by atoms with Gasteiger partial charge < -0.3 is 40.7 Å². The molecule has 5 heterocycles. The second-order valence-electron chi connectivity index (χ2n) is 10.5. The van der Waals surface area contributed by atoms with Gasteiger partial charge in [-0.3, -0.25) is 14.4 Å². The predicted octanol–water partition coefficient (Wildman–Crippen LogP) is 0.967. The first-order chi connectivity index (χ1) is 21.4. The average molecular weight is 642 g/mol. The molecule has 1 aromatic carbocycles.